The molecule has 1 saturated heterocycles. The van der Waals surface area contributed by atoms with Gasteiger partial charge in [0.25, 0.3) is 0 Å². The van der Waals surface area contributed by atoms with Gasteiger partial charge in [0, 0.05) is 31.2 Å². The molecule has 4 atom stereocenters. The highest BCUT2D eigenvalue weighted by atomic mass is 32.2. The van der Waals surface area contributed by atoms with Crippen LogP contribution in [0, 0.1) is 23.2 Å². The van der Waals surface area contributed by atoms with Gasteiger partial charge in [-0.15, -0.1) is 0 Å². The largest absolute Gasteiger partial charge is 0.465 e. The predicted octanol–water partition coefficient (Wildman–Crippen LogP) is 5.05. The molecule has 2 amide bonds. The SMILES string of the molecule is CC(C)(C)C[C@@H](CN(C(=O)O)C(C)(C)C)C(=O)N[C@H]1CC[C@@H]2CN(S(=O)(=O)c3cccc(C(F)(F)F)c3)C[C@@H]21. The van der Waals surface area contributed by atoms with Gasteiger partial charge < -0.3 is 15.3 Å². The molecule has 0 radical (unpaired) electrons. The van der Waals surface area contributed by atoms with Crippen LogP contribution in [-0.4, -0.2) is 65.9 Å². The molecule has 0 bridgehead atoms. The van der Waals surface area contributed by atoms with Gasteiger partial charge in [0.05, 0.1) is 16.4 Å². The number of alkyl halides is 3. The number of rotatable bonds is 7. The van der Waals surface area contributed by atoms with Gasteiger partial charge in [-0.1, -0.05) is 26.8 Å². The molecule has 0 unspecified atom stereocenters. The minimum atomic E-state index is -4.66. The molecule has 3 rings (SSSR count). The number of hydrogen-bond acceptors (Lipinski definition) is 4. The standard InChI is InChI=1S/C27H40F3N3O5S/c1-25(2,3)13-18(15-33(24(35)36)26(4,5)6)23(34)31-22-11-10-17-14-32(16-21(17)22)39(37,38)20-9-7-8-19(12-20)27(28,29)30/h7-9,12,17-18,21-22H,10-11,13-16H2,1-6H3,(H,31,34)(H,35,36)/t17-,18+,21+,22+/m1/s1. The van der Waals surface area contributed by atoms with Gasteiger partial charge in [-0.05, 0) is 75.5 Å². The predicted molar refractivity (Wildman–Crippen MR) is 140 cm³/mol. The number of fused-ring (bicyclic) bond motifs is 1. The molecule has 1 aliphatic carbocycles. The van der Waals surface area contributed by atoms with Crippen LogP contribution in [-0.2, 0) is 21.0 Å². The Hall–Kier alpha value is -2.34. The fourth-order valence-electron chi connectivity index (χ4n) is 5.72. The third-order valence-electron chi connectivity index (χ3n) is 7.62. The first-order chi connectivity index (χ1) is 17.7. The van der Waals surface area contributed by atoms with Crippen LogP contribution in [0.3, 0.4) is 0 Å². The summed E-state index contributed by atoms with van der Waals surface area (Å²) in [6.45, 7) is 11.6. The molecule has 2 fully saturated rings. The average Bonchev–Trinajstić information content (AvgIpc) is 3.36. The second-order valence-corrected chi connectivity index (χ2v) is 14.9. The van der Waals surface area contributed by atoms with Crippen molar-refractivity contribution in [1.82, 2.24) is 14.5 Å². The van der Waals surface area contributed by atoms with Gasteiger partial charge in [-0.25, -0.2) is 13.2 Å². The molecule has 12 heteroatoms. The number of halogens is 3. The van der Waals surface area contributed by atoms with E-state index in [0.717, 1.165) is 12.1 Å². The van der Waals surface area contributed by atoms with E-state index >= 15 is 0 Å². The Labute approximate surface area is 229 Å². The number of carbonyl (C=O) groups is 2. The van der Waals surface area contributed by atoms with Gasteiger partial charge in [0.1, 0.15) is 0 Å². The third kappa shape index (κ3) is 7.45. The van der Waals surface area contributed by atoms with Gasteiger partial charge in [-0.3, -0.25) is 4.79 Å². The highest BCUT2D eigenvalue weighted by molar-refractivity contribution is 7.89. The average molecular weight is 576 g/mol. The lowest BCUT2D eigenvalue weighted by Crippen LogP contribution is -2.52. The zero-order chi connectivity index (χ0) is 29.6. The maximum Gasteiger partial charge on any atom is 0.416 e. The third-order valence-corrected chi connectivity index (χ3v) is 9.45. The summed E-state index contributed by atoms with van der Waals surface area (Å²) in [5.41, 5.74) is -1.97. The number of carbonyl (C=O) groups excluding carboxylic acids is 1. The molecule has 220 valence electrons. The van der Waals surface area contributed by atoms with E-state index in [0.29, 0.717) is 25.3 Å². The van der Waals surface area contributed by atoms with Gasteiger partial charge >= 0.3 is 12.3 Å². The van der Waals surface area contributed by atoms with Crippen molar-refractivity contribution in [1.29, 1.82) is 0 Å². The lowest BCUT2D eigenvalue weighted by molar-refractivity contribution is -0.137. The maximum atomic E-state index is 13.5. The van der Waals surface area contributed by atoms with E-state index in [1.54, 1.807) is 20.8 Å². The fraction of sp³-hybridized carbons (Fsp3) is 0.704. The molecule has 0 spiro atoms. The summed E-state index contributed by atoms with van der Waals surface area (Å²) in [5.74, 6) is -1.08. The lowest BCUT2D eigenvalue weighted by Gasteiger charge is -2.37. The molecule has 2 N–H and O–H groups in total. The summed E-state index contributed by atoms with van der Waals surface area (Å²) in [6, 6.07) is 3.44. The minimum absolute atomic E-state index is 0.0259. The Kier molecular flexibility index (Phi) is 8.73. The number of benzene rings is 1. The minimum Gasteiger partial charge on any atom is -0.465 e. The molecule has 39 heavy (non-hydrogen) atoms. The number of hydrogen-bond donors (Lipinski definition) is 2. The van der Waals surface area contributed by atoms with Gasteiger partial charge in [0.15, 0.2) is 0 Å². The Morgan fingerprint density at radius 3 is 2.28 bits per heavy atom. The molecule has 8 nitrogen and oxygen atoms in total. The summed E-state index contributed by atoms with van der Waals surface area (Å²) in [4.78, 5) is 26.3. The Bertz CT molecular complexity index is 1170. The van der Waals surface area contributed by atoms with Crippen molar-refractivity contribution in [2.45, 2.75) is 83.5 Å². The molecule has 1 saturated carbocycles. The smallest absolute Gasteiger partial charge is 0.416 e. The van der Waals surface area contributed by atoms with E-state index in [1.165, 1.54) is 15.3 Å². The Balaban J connectivity index is 1.76. The van der Waals surface area contributed by atoms with E-state index in [9.17, 15) is 36.3 Å². The van der Waals surface area contributed by atoms with Crippen LogP contribution >= 0.6 is 0 Å². The van der Waals surface area contributed by atoms with Crippen LogP contribution < -0.4 is 5.32 Å². The first-order valence-electron chi connectivity index (χ1n) is 13.2. The van der Waals surface area contributed by atoms with Crippen LogP contribution in [0.2, 0.25) is 0 Å². The monoisotopic (exact) mass is 575 g/mol. The van der Waals surface area contributed by atoms with E-state index in [-0.39, 0.29) is 48.8 Å². The van der Waals surface area contributed by atoms with Crippen LogP contribution in [0.4, 0.5) is 18.0 Å². The molecule has 1 aromatic carbocycles. The molecule has 0 aromatic heterocycles. The zero-order valence-corrected chi connectivity index (χ0v) is 24.2. The van der Waals surface area contributed by atoms with Crippen molar-refractivity contribution < 1.29 is 36.3 Å². The number of nitrogens with one attached hydrogen (secondary N) is 1. The van der Waals surface area contributed by atoms with Crippen LogP contribution in [0.15, 0.2) is 29.2 Å². The molecule has 2 aliphatic rings. The van der Waals surface area contributed by atoms with Crippen molar-refractivity contribution in [3.8, 4) is 0 Å². The van der Waals surface area contributed by atoms with Crippen molar-refractivity contribution in [3.05, 3.63) is 29.8 Å². The zero-order valence-electron chi connectivity index (χ0n) is 23.4. The van der Waals surface area contributed by atoms with Crippen molar-refractivity contribution in [2.75, 3.05) is 19.6 Å². The van der Waals surface area contributed by atoms with E-state index in [1.807, 2.05) is 20.8 Å². The van der Waals surface area contributed by atoms with Crippen LogP contribution in [0.5, 0.6) is 0 Å². The molecular weight excluding hydrogens is 535 g/mol. The summed E-state index contributed by atoms with van der Waals surface area (Å²) in [5, 5.41) is 12.9. The number of sulfonamides is 1. The lowest BCUT2D eigenvalue weighted by atomic mass is 9.83. The number of amides is 2. The van der Waals surface area contributed by atoms with Crippen LogP contribution in [0.25, 0.3) is 0 Å². The molecular formula is C27H40F3N3O5S. The number of carboxylic acid groups (broad SMARTS) is 1. The highest BCUT2D eigenvalue weighted by Crippen LogP contribution is 2.41. The summed E-state index contributed by atoms with van der Waals surface area (Å²) < 4.78 is 67.2. The summed E-state index contributed by atoms with van der Waals surface area (Å²) in [7, 11) is -4.15. The fourth-order valence-corrected chi connectivity index (χ4v) is 7.30. The summed E-state index contributed by atoms with van der Waals surface area (Å²) >= 11 is 0. The topological polar surface area (TPSA) is 107 Å². The second-order valence-electron chi connectivity index (χ2n) is 13.0. The Morgan fingerprint density at radius 2 is 1.74 bits per heavy atom. The van der Waals surface area contributed by atoms with E-state index in [2.05, 4.69) is 5.32 Å². The Morgan fingerprint density at radius 1 is 1.10 bits per heavy atom. The molecule has 1 heterocycles. The quantitative estimate of drug-likeness (QED) is 0.473. The first-order valence-corrected chi connectivity index (χ1v) is 14.6. The van der Waals surface area contributed by atoms with Crippen molar-refractivity contribution >= 4 is 22.0 Å². The normalized spacial score (nSPS) is 23.4. The van der Waals surface area contributed by atoms with Crippen molar-refractivity contribution in [2.24, 2.45) is 23.2 Å². The number of nitrogens with zero attached hydrogens (tertiary/aromatic N) is 2. The molecule has 1 aliphatic heterocycles. The van der Waals surface area contributed by atoms with Crippen LogP contribution in [0.1, 0.15) is 66.4 Å². The maximum absolute atomic E-state index is 13.5. The second kappa shape index (κ2) is 10.9. The highest BCUT2D eigenvalue weighted by Gasteiger charge is 2.47. The molecule has 1 aromatic rings. The summed E-state index contributed by atoms with van der Waals surface area (Å²) in [6.07, 6.45) is -3.98. The van der Waals surface area contributed by atoms with Gasteiger partial charge in [-0.2, -0.15) is 17.5 Å². The first kappa shape index (κ1) is 31.2. The van der Waals surface area contributed by atoms with Gasteiger partial charge in [0.2, 0.25) is 15.9 Å². The van der Waals surface area contributed by atoms with E-state index < -0.39 is 44.2 Å². The van der Waals surface area contributed by atoms with Crippen molar-refractivity contribution in [3.63, 3.8) is 0 Å². The van der Waals surface area contributed by atoms with E-state index in [4.69, 9.17) is 0 Å².